The standard InChI is InChI=1S/C23H25N3O3/c1-26-14-13-24-22(26)16-28-19-11-9-17(10-12-19)23(27)25-18-5-4-8-21(15-18)29-20-6-2-3-7-20/h4-5,8-15,20H,2-3,6-7,16H2,1H3,(H,25,27). The predicted octanol–water partition coefficient (Wildman–Crippen LogP) is 4.57. The van der Waals surface area contributed by atoms with Crippen LogP contribution in [-0.2, 0) is 13.7 Å². The van der Waals surface area contributed by atoms with Crippen molar-refractivity contribution in [3.8, 4) is 11.5 Å². The van der Waals surface area contributed by atoms with Crippen molar-refractivity contribution >= 4 is 11.6 Å². The van der Waals surface area contributed by atoms with Crippen LogP contribution in [0.15, 0.2) is 60.9 Å². The van der Waals surface area contributed by atoms with Gasteiger partial charge in [0.05, 0.1) is 6.10 Å². The van der Waals surface area contributed by atoms with E-state index in [0.29, 0.717) is 24.0 Å². The first-order valence-electron chi connectivity index (χ1n) is 9.94. The third kappa shape index (κ3) is 4.96. The average Bonchev–Trinajstić information content (AvgIpc) is 3.39. The molecular formula is C23H25N3O3. The molecule has 1 saturated carbocycles. The highest BCUT2D eigenvalue weighted by molar-refractivity contribution is 6.04. The molecule has 150 valence electrons. The Hall–Kier alpha value is -3.28. The topological polar surface area (TPSA) is 65.4 Å². The molecule has 0 saturated heterocycles. The highest BCUT2D eigenvalue weighted by Gasteiger charge is 2.16. The van der Waals surface area contributed by atoms with Gasteiger partial charge in [0.25, 0.3) is 5.91 Å². The normalized spacial score (nSPS) is 14.0. The van der Waals surface area contributed by atoms with Gasteiger partial charge in [0.1, 0.15) is 23.9 Å². The molecule has 0 bridgehead atoms. The largest absolute Gasteiger partial charge is 0.490 e. The van der Waals surface area contributed by atoms with E-state index in [4.69, 9.17) is 9.47 Å². The minimum absolute atomic E-state index is 0.168. The molecule has 6 nitrogen and oxygen atoms in total. The highest BCUT2D eigenvalue weighted by atomic mass is 16.5. The highest BCUT2D eigenvalue weighted by Crippen LogP contribution is 2.26. The lowest BCUT2D eigenvalue weighted by atomic mass is 10.2. The monoisotopic (exact) mass is 391 g/mol. The summed E-state index contributed by atoms with van der Waals surface area (Å²) in [4.78, 5) is 16.8. The first-order chi connectivity index (χ1) is 14.2. The minimum atomic E-state index is -0.168. The van der Waals surface area contributed by atoms with Crippen molar-refractivity contribution in [2.75, 3.05) is 5.32 Å². The molecule has 1 aromatic heterocycles. The molecule has 4 rings (SSSR count). The van der Waals surface area contributed by atoms with Gasteiger partial charge in [-0.15, -0.1) is 0 Å². The number of aromatic nitrogens is 2. The lowest BCUT2D eigenvalue weighted by molar-refractivity contribution is 0.102. The second-order valence-electron chi connectivity index (χ2n) is 7.27. The van der Waals surface area contributed by atoms with Gasteiger partial charge in [-0.3, -0.25) is 4.79 Å². The fourth-order valence-corrected chi connectivity index (χ4v) is 3.44. The van der Waals surface area contributed by atoms with Crippen LogP contribution in [0.25, 0.3) is 0 Å². The van der Waals surface area contributed by atoms with E-state index in [1.54, 1.807) is 30.5 Å². The van der Waals surface area contributed by atoms with E-state index in [1.165, 1.54) is 12.8 Å². The van der Waals surface area contributed by atoms with Gasteiger partial charge < -0.3 is 19.4 Å². The van der Waals surface area contributed by atoms with Crippen LogP contribution in [0.3, 0.4) is 0 Å². The zero-order chi connectivity index (χ0) is 20.1. The van der Waals surface area contributed by atoms with Crippen molar-refractivity contribution in [3.63, 3.8) is 0 Å². The van der Waals surface area contributed by atoms with E-state index in [2.05, 4.69) is 10.3 Å². The van der Waals surface area contributed by atoms with E-state index < -0.39 is 0 Å². The molecule has 6 heteroatoms. The van der Waals surface area contributed by atoms with Crippen LogP contribution in [0.4, 0.5) is 5.69 Å². The Morgan fingerprint density at radius 3 is 2.66 bits per heavy atom. The van der Waals surface area contributed by atoms with Gasteiger partial charge in [0.15, 0.2) is 0 Å². The Morgan fingerprint density at radius 2 is 1.93 bits per heavy atom. The third-order valence-corrected chi connectivity index (χ3v) is 5.10. The van der Waals surface area contributed by atoms with E-state index in [-0.39, 0.29) is 5.91 Å². The Kier molecular flexibility index (Phi) is 5.79. The quantitative estimate of drug-likeness (QED) is 0.641. The van der Waals surface area contributed by atoms with Crippen LogP contribution < -0.4 is 14.8 Å². The maximum absolute atomic E-state index is 12.6. The molecule has 1 aliphatic rings. The summed E-state index contributed by atoms with van der Waals surface area (Å²) in [5, 5.41) is 2.93. The summed E-state index contributed by atoms with van der Waals surface area (Å²) < 4.78 is 13.7. The number of nitrogens with one attached hydrogen (secondary N) is 1. The molecule has 1 aliphatic carbocycles. The van der Waals surface area contributed by atoms with Crippen molar-refractivity contribution in [3.05, 3.63) is 72.3 Å². The zero-order valence-electron chi connectivity index (χ0n) is 16.5. The molecule has 1 amide bonds. The lowest BCUT2D eigenvalue weighted by Gasteiger charge is -2.14. The van der Waals surface area contributed by atoms with Crippen LogP contribution in [0.5, 0.6) is 11.5 Å². The van der Waals surface area contributed by atoms with Gasteiger partial charge >= 0.3 is 0 Å². The van der Waals surface area contributed by atoms with Gasteiger partial charge in [-0.25, -0.2) is 4.98 Å². The van der Waals surface area contributed by atoms with E-state index in [1.807, 2.05) is 42.1 Å². The number of ether oxygens (including phenoxy) is 2. The van der Waals surface area contributed by atoms with Gasteiger partial charge in [-0.2, -0.15) is 0 Å². The van der Waals surface area contributed by atoms with Crippen LogP contribution in [0.1, 0.15) is 41.9 Å². The molecular weight excluding hydrogens is 366 g/mol. The minimum Gasteiger partial charge on any atom is -0.490 e. The summed E-state index contributed by atoms with van der Waals surface area (Å²) in [6, 6.07) is 14.7. The predicted molar refractivity (Wildman–Crippen MR) is 111 cm³/mol. The smallest absolute Gasteiger partial charge is 0.255 e. The summed E-state index contributed by atoms with van der Waals surface area (Å²) in [6.07, 6.45) is 8.56. The Bertz CT molecular complexity index is 960. The van der Waals surface area contributed by atoms with Crippen LogP contribution in [-0.4, -0.2) is 21.6 Å². The summed E-state index contributed by atoms with van der Waals surface area (Å²) in [6.45, 7) is 0.378. The third-order valence-electron chi connectivity index (χ3n) is 5.10. The molecule has 3 aromatic rings. The molecule has 0 atom stereocenters. The van der Waals surface area contributed by atoms with Gasteiger partial charge in [0.2, 0.25) is 0 Å². The second-order valence-corrected chi connectivity index (χ2v) is 7.27. The van der Waals surface area contributed by atoms with Gasteiger partial charge in [-0.1, -0.05) is 6.07 Å². The summed E-state index contributed by atoms with van der Waals surface area (Å²) in [5.41, 5.74) is 1.29. The van der Waals surface area contributed by atoms with Crippen molar-refractivity contribution < 1.29 is 14.3 Å². The van der Waals surface area contributed by atoms with E-state index in [9.17, 15) is 4.79 Å². The molecule has 0 radical (unpaired) electrons. The first-order valence-corrected chi connectivity index (χ1v) is 9.94. The number of hydrogen-bond acceptors (Lipinski definition) is 4. The number of imidazole rings is 1. The van der Waals surface area contributed by atoms with E-state index >= 15 is 0 Å². The first kappa shape index (κ1) is 19.1. The maximum atomic E-state index is 12.6. The van der Waals surface area contributed by atoms with Crippen molar-refractivity contribution in [1.29, 1.82) is 0 Å². The zero-order valence-corrected chi connectivity index (χ0v) is 16.5. The Balaban J connectivity index is 1.34. The van der Waals surface area contributed by atoms with Gasteiger partial charge in [0, 0.05) is 36.8 Å². The Labute approximate surface area is 170 Å². The average molecular weight is 391 g/mol. The van der Waals surface area contributed by atoms with Crippen molar-refractivity contribution in [2.24, 2.45) is 7.05 Å². The van der Waals surface area contributed by atoms with Crippen molar-refractivity contribution in [1.82, 2.24) is 9.55 Å². The number of amides is 1. The molecule has 0 aliphatic heterocycles. The van der Waals surface area contributed by atoms with Crippen LogP contribution in [0.2, 0.25) is 0 Å². The SMILES string of the molecule is Cn1ccnc1COc1ccc(C(=O)Nc2cccc(OC3CCCC3)c2)cc1. The molecule has 1 N–H and O–H groups in total. The molecule has 0 unspecified atom stereocenters. The second kappa shape index (κ2) is 8.82. The van der Waals surface area contributed by atoms with Crippen LogP contribution >= 0.6 is 0 Å². The molecule has 2 aromatic carbocycles. The number of aryl methyl sites for hydroxylation is 1. The number of rotatable bonds is 7. The lowest BCUT2D eigenvalue weighted by Crippen LogP contribution is -2.13. The number of carbonyl (C=O) groups is 1. The fraction of sp³-hybridized carbons (Fsp3) is 0.304. The van der Waals surface area contributed by atoms with Crippen LogP contribution in [0, 0.1) is 0 Å². The molecule has 1 fully saturated rings. The summed E-state index contributed by atoms with van der Waals surface area (Å²) in [7, 11) is 1.92. The summed E-state index contributed by atoms with van der Waals surface area (Å²) in [5.74, 6) is 2.16. The number of benzene rings is 2. The molecule has 29 heavy (non-hydrogen) atoms. The molecule has 1 heterocycles. The fourth-order valence-electron chi connectivity index (χ4n) is 3.44. The van der Waals surface area contributed by atoms with Gasteiger partial charge in [-0.05, 0) is 62.1 Å². The number of hydrogen-bond donors (Lipinski definition) is 1. The van der Waals surface area contributed by atoms with E-state index in [0.717, 1.165) is 30.1 Å². The van der Waals surface area contributed by atoms with Crippen molar-refractivity contribution in [2.45, 2.75) is 38.4 Å². The number of carbonyl (C=O) groups excluding carboxylic acids is 1. The number of nitrogens with zero attached hydrogens (tertiary/aromatic N) is 2. The summed E-state index contributed by atoms with van der Waals surface area (Å²) >= 11 is 0. The number of anilines is 1. The molecule has 0 spiro atoms. The maximum Gasteiger partial charge on any atom is 0.255 e. The Morgan fingerprint density at radius 1 is 1.14 bits per heavy atom.